The molecule has 2 unspecified atom stereocenters. The minimum atomic E-state index is 0.401. The standard InChI is InChI=1S/C21H39NO/c1-4-5-6-7-8-9-10-11-12-13-17-21(23)22-18-19(2)15-14-16-20(22)3/h4-5,19-20H,6-18H2,1-3H3. The van der Waals surface area contributed by atoms with E-state index in [1.807, 2.05) is 0 Å². The Balaban J connectivity index is 2.05. The SMILES string of the molecule is CC=CCCCCCCCCCC(=O)N1CC(C)CCCC1C. The molecule has 1 aliphatic rings. The van der Waals surface area contributed by atoms with Crippen LogP contribution in [0, 0.1) is 5.92 Å². The van der Waals surface area contributed by atoms with E-state index in [1.54, 1.807) is 0 Å². The molecule has 0 bridgehead atoms. The highest BCUT2D eigenvalue weighted by Gasteiger charge is 2.24. The first kappa shape index (κ1) is 20.3. The highest BCUT2D eigenvalue weighted by molar-refractivity contribution is 5.76. The molecule has 23 heavy (non-hydrogen) atoms. The lowest BCUT2D eigenvalue weighted by Crippen LogP contribution is -2.39. The van der Waals surface area contributed by atoms with Gasteiger partial charge in [-0.05, 0) is 51.9 Å². The smallest absolute Gasteiger partial charge is 0.222 e. The predicted molar refractivity (Wildman–Crippen MR) is 101 cm³/mol. The van der Waals surface area contributed by atoms with Crippen LogP contribution in [0.25, 0.3) is 0 Å². The Bertz CT molecular complexity index is 337. The van der Waals surface area contributed by atoms with Gasteiger partial charge in [0.25, 0.3) is 0 Å². The maximum atomic E-state index is 12.5. The van der Waals surface area contributed by atoms with Gasteiger partial charge in [0.2, 0.25) is 5.91 Å². The first-order valence-corrected chi connectivity index (χ1v) is 10.1. The molecule has 0 radical (unpaired) electrons. The van der Waals surface area contributed by atoms with Crippen LogP contribution < -0.4 is 0 Å². The molecular weight excluding hydrogens is 282 g/mol. The van der Waals surface area contributed by atoms with Gasteiger partial charge in [-0.25, -0.2) is 0 Å². The van der Waals surface area contributed by atoms with Gasteiger partial charge in [-0.3, -0.25) is 4.79 Å². The molecule has 0 N–H and O–H groups in total. The van der Waals surface area contributed by atoms with Gasteiger partial charge in [0.05, 0.1) is 0 Å². The summed E-state index contributed by atoms with van der Waals surface area (Å²) in [5, 5.41) is 0. The summed E-state index contributed by atoms with van der Waals surface area (Å²) in [4.78, 5) is 14.6. The monoisotopic (exact) mass is 321 g/mol. The Kier molecular flexibility index (Phi) is 11.1. The zero-order chi connectivity index (χ0) is 16.9. The first-order valence-electron chi connectivity index (χ1n) is 10.1. The van der Waals surface area contributed by atoms with E-state index < -0.39 is 0 Å². The van der Waals surface area contributed by atoms with Crippen molar-refractivity contribution in [2.75, 3.05) is 6.54 Å². The summed E-state index contributed by atoms with van der Waals surface area (Å²) in [5.41, 5.74) is 0. The summed E-state index contributed by atoms with van der Waals surface area (Å²) in [6, 6.07) is 0.449. The van der Waals surface area contributed by atoms with Crippen LogP contribution in [0.5, 0.6) is 0 Å². The van der Waals surface area contributed by atoms with Crippen LogP contribution in [0.3, 0.4) is 0 Å². The fourth-order valence-electron chi connectivity index (χ4n) is 3.60. The number of amides is 1. The number of unbranched alkanes of at least 4 members (excludes halogenated alkanes) is 7. The van der Waals surface area contributed by atoms with E-state index in [0.29, 0.717) is 17.9 Å². The van der Waals surface area contributed by atoms with Crippen molar-refractivity contribution < 1.29 is 4.79 Å². The topological polar surface area (TPSA) is 20.3 Å². The third-order valence-electron chi connectivity index (χ3n) is 5.18. The van der Waals surface area contributed by atoms with Crippen molar-refractivity contribution in [2.45, 2.75) is 104 Å². The fourth-order valence-corrected chi connectivity index (χ4v) is 3.60. The third-order valence-corrected chi connectivity index (χ3v) is 5.18. The Morgan fingerprint density at radius 1 is 1.00 bits per heavy atom. The minimum absolute atomic E-state index is 0.401. The first-order chi connectivity index (χ1) is 11.1. The molecule has 0 aromatic heterocycles. The Morgan fingerprint density at radius 2 is 1.65 bits per heavy atom. The van der Waals surface area contributed by atoms with Crippen molar-refractivity contribution in [3.63, 3.8) is 0 Å². The summed E-state index contributed by atoms with van der Waals surface area (Å²) >= 11 is 0. The number of carbonyl (C=O) groups is 1. The number of allylic oxidation sites excluding steroid dienone is 2. The second-order valence-corrected chi connectivity index (χ2v) is 7.51. The van der Waals surface area contributed by atoms with Gasteiger partial charge in [-0.15, -0.1) is 0 Å². The molecule has 0 saturated carbocycles. The van der Waals surface area contributed by atoms with E-state index in [9.17, 15) is 4.79 Å². The van der Waals surface area contributed by atoms with Crippen LogP contribution in [-0.2, 0) is 4.79 Å². The molecule has 1 rings (SSSR count). The summed E-state index contributed by atoms with van der Waals surface area (Å²) in [6.45, 7) is 7.58. The summed E-state index contributed by atoms with van der Waals surface area (Å²) in [6.07, 6.45) is 19.1. The van der Waals surface area contributed by atoms with Gasteiger partial charge in [-0.1, -0.05) is 57.6 Å². The van der Waals surface area contributed by atoms with E-state index in [1.165, 1.54) is 64.2 Å². The van der Waals surface area contributed by atoms with E-state index in [-0.39, 0.29) is 0 Å². The molecule has 1 heterocycles. The van der Waals surface area contributed by atoms with E-state index in [0.717, 1.165) is 19.4 Å². The van der Waals surface area contributed by atoms with Crippen LogP contribution in [0.2, 0.25) is 0 Å². The van der Waals surface area contributed by atoms with Crippen LogP contribution in [-0.4, -0.2) is 23.4 Å². The van der Waals surface area contributed by atoms with Crippen LogP contribution >= 0.6 is 0 Å². The van der Waals surface area contributed by atoms with Crippen LogP contribution in [0.4, 0.5) is 0 Å². The minimum Gasteiger partial charge on any atom is -0.340 e. The van der Waals surface area contributed by atoms with Gasteiger partial charge < -0.3 is 4.90 Å². The van der Waals surface area contributed by atoms with Gasteiger partial charge in [0.15, 0.2) is 0 Å². The lowest BCUT2D eigenvalue weighted by atomic mass is 10.1. The van der Waals surface area contributed by atoms with Crippen molar-refractivity contribution in [2.24, 2.45) is 5.92 Å². The predicted octanol–water partition coefficient (Wildman–Crippen LogP) is 6.11. The van der Waals surface area contributed by atoms with Crippen LogP contribution in [0.15, 0.2) is 12.2 Å². The van der Waals surface area contributed by atoms with Crippen molar-refractivity contribution in [3.05, 3.63) is 12.2 Å². The molecule has 0 aromatic rings. The maximum Gasteiger partial charge on any atom is 0.222 e. The largest absolute Gasteiger partial charge is 0.340 e. The van der Waals surface area contributed by atoms with Crippen molar-refractivity contribution in [1.29, 1.82) is 0 Å². The molecule has 2 heteroatoms. The van der Waals surface area contributed by atoms with Gasteiger partial charge in [-0.2, -0.15) is 0 Å². The number of hydrogen-bond donors (Lipinski definition) is 0. The normalized spacial score (nSPS) is 22.5. The zero-order valence-electron chi connectivity index (χ0n) is 15.9. The van der Waals surface area contributed by atoms with E-state index in [4.69, 9.17) is 0 Å². The average molecular weight is 322 g/mol. The number of carbonyl (C=O) groups excluding carboxylic acids is 1. The van der Waals surface area contributed by atoms with Gasteiger partial charge in [0.1, 0.15) is 0 Å². The second-order valence-electron chi connectivity index (χ2n) is 7.51. The molecule has 1 saturated heterocycles. The molecular formula is C21H39NO. The number of hydrogen-bond acceptors (Lipinski definition) is 1. The summed E-state index contributed by atoms with van der Waals surface area (Å²) in [7, 11) is 0. The molecule has 0 aromatic carbocycles. The second kappa shape index (κ2) is 12.6. The quantitative estimate of drug-likeness (QED) is 0.351. The van der Waals surface area contributed by atoms with E-state index in [2.05, 4.69) is 37.8 Å². The molecule has 2 atom stereocenters. The third kappa shape index (κ3) is 9.17. The van der Waals surface area contributed by atoms with Crippen LogP contribution in [0.1, 0.15) is 97.8 Å². The number of likely N-dealkylation sites (tertiary alicyclic amines) is 1. The Hall–Kier alpha value is -0.790. The van der Waals surface area contributed by atoms with Gasteiger partial charge >= 0.3 is 0 Å². The molecule has 134 valence electrons. The van der Waals surface area contributed by atoms with Crippen molar-refractivity contribution in [3.8, 4) is 0 Å². The average Bonchev–Trinajstić information content (AvgIpc) is 2.70. The van der Waals surface area contributed by atoms with Crippen molar-refractivity contribution in [1.82, 2.24) is 4.90 Å². The van der Waals surface area contributed by atoms with Gasteiger partial charge in [0, 0.05) is 19.0 Å². The van der Waals surface area contributed by atoms with Crippen molar-refractivity contribution >= 4 is 5.91 Å². The molecule has 1 aliphatic heterocycles. The molecule has 1 amide bonds. The molecule has 1 fully saturated rings. The lowest BCUT2D eigenvalue weighted by molar-refractivity contribution is -0.133. The maximum absolute atomic E-state index is 12.5. The Morgan fingerprint density at radius 3 is 2.35 bits per heavy atom. The molecule has 0 aliphatic carbocycles. The highest BCUT2D eigenvalue weighted by atomic mass is 16.2. The fraction of sp³-hybridized carbons (Fsp3) is 0.857. The highest BCUT2D eigenvalue weighted by Crippen LogP contribution is 2.22. The molecule has 0 spiro atoms. The zero-order valence-corrected chi connectivity index (χ0v) is 15.9. The Labute approximate surface area is 144 Å². The molecule has 2 nitrogen and oxygen atoms in total. The number of rotatable bonds is 10. The lowest BCUT2D eigenvalue weighted by Gasteiger charge is -2.28. The summed E-state index contributed by atoms with van der Waals surface area (Å²) in [5.74, 6) is 1.07. The summed E-state index contributed by atoms with van der Waals surface area (Å²) < 4.78 is 0. The van der Waals surface area contributed by atoms with E-state index >= 15 is 0 Å². The number of nitrogens with zero attached hydrogens (tertiary/aromatic N) is 1.